The van der Waals surface area contributed by atoms with E-state index in [0.717, 1.165) is 6.42 Å². The second-order valence-electron chi connectivity index (χ2n) is 7.43. The highest BCUT2D eigenvalue weighted by atomic mass is 35.5. The van der Waals surface area contributed by atoms with Crippen LogP contribution >= 0.6 is 11.6 Å². The predicted molar refractivity (Wildman–Crippen MR) is 97.0 cm³/mol. The fourth-order valence-corrected chi connectivity index (χ4v) is 4.53. The highest BCUT2D eigenvalue weighted by molar-refractivity contribution is 6.30. The van der Waals surface area contributed by atoms with E-state index in [1.54, 1.807) is 6.07 Å². The smallest absolute Gasteiger partial charge is 0.223 e. The monoisotopic (exact) mass is 380 g/mol. The number of rotatable bonds is 5. The number of halogens is 1. The van der Waals surface area contributed by atoms with Gasteiger partial charge in [-0.1, -0.05) is 30.7 Å². The molecule has 4 rings (SSSR count). The van der Waals surface area contributed by atoms with Gasteiger partial charge in [-0.05, 0) is 48.4 Å². The van der Waals surface area contributed by atoms with Gasteiger partial charge in [-0.15, -0.1) is 0 Å². The summed E-state index contributed by atoms with van der Waals surface area (Å²) < 4.78 is 23.2. The summed E-state index contributed by atoms with van der Waals surface area (Å²) in [6, 6.07) is 7.29. The lowest BCUT2D eigenvalue weighted by molar-refractivity contribution is -0.139. The van der Waals surface area contributed by atoms with Crippen LogP contribution in [0.15, 0.2) is 36.4 Å². The summed E-state index contributed by atoms with van der Waals surface area (Å²) in [5, 5.41) is 10.4. The third-order valence-corrected chi connectivity index (χ3v) is 5.86. The topological polar surface area (TPSA) is 57.2 Å². The average Bonchev–Trinajstić information content (AvgIpc) is 3.27. The maximum atomic E-state index is 9.78. The SMILES string of the molecule is CC1CC2OC(O)CC2C1/C=C/C1(COc2cccc(Cl)c2)OCCO1. The molecule has 0 radical (unpaired) electrons. The molecule has 1 aromatic rings. The number of hydrogen-bond donors (Lipinski definition) is 1. The molecule has 26 heavy (non-hydrogen) atoms. The molecule has 1 aliphatic carbocycles. The van der Waals surface area contributed by atoms with Gasteiger partial charge in [0, 0.05) is 11.4 Å². The number of hydrogen-bond acceptors (Lipinski definition) is 5. The van der Waals surface area contributed by atoms with Crippen molar-refractivity contribution < 1.29 is 24.1 Å². The van der Waals surface area contributed by atoms with Gasteiger partial charge >= 0.3 is 0 Å². The number of aliphatic hydroxyl groups excluding tert-OH is 1. The maximum absolute atomic E-state index is 9.78. The quantitative estimate of drug-likeness (QED) is 0.793. The second-order valence-corrected chi connectivity index (χ2v) is 7.87. The highest BCUT2D eigenvalue weighted by Gasteiger charge is 2.47. The molecule has 5 unspecified atom stereocenters. The van der Waals surface area contributed by atoms with Crippen molar-refractivity contribution in [2.45, 2.75) is 37.9 Å². The number of allylic oxidation sites excluding steroid dienone is 1. The van der Waals surface area contributed by atoms with E-state index in [-0.39, 0.29) is 12.7 Å². The molecule has 5 atom stereocenters. The molecule has 2 heterocycles. The minimum atomic E-state index is -0.877. The Morgan fingerprint density at radius 3 is 2.88 bits per heavy atom. The highest BCUT2D eigenvalue weighted by Crippen LogP contribution is 2.46. The zero-order valence-electron chi connectivity index (χ0n) is 14.8. The molecule has 2 saturated heterocycles. The van der Waals surface area contributed by atoms with E-state index in [0.29, 0.717) is 48.2 Å². The molecule has 1 N–H and O–H groups in total. The van der Waals surface area contributed by atoms with Crippen LogP contribution in [0.1, 0.15) is 19.8 Å². The number of fused-ring (bicyclic) bond motifs is 1. The molecule has 3 fully saturated rings. The van der Waals surface area contributed by atoms with E-state index >= 15 is 0 Å². The number of ether oxygens (including phenoxy) is 4. The van der Waals surface area contributed by atoms with Gasteiger partial charge in [0.25, 0.3) is 0 Å². The lowest BCUT2D eigenvalue weighted by Crippen LogP contribution is -2.35. The molecule has 0 amide bonds. The van der Waals surface area contributed by atoms with Gasteiger partial charge in [0.05, 0.1) is 19.3 Å². The normalized spacial score (nSPS) is 35.9. The lowest BCUT2D eigenvalue weighted by Gasteiger charge is -2.25. The molecule has 6 heteroatoms. The van der Waals surface area contributed by atoms with Crippen LogP contribution < -0.4 is 4.74 Å². The van der Waals surface area contributed by atoms with Crippen molar-refractivity contribution >= 4 is 11.6 Å². The summed E-state index contributed by atoms with van der Waals surface area (Å²) in [5.41, 5.74) is 0. The Bertz CT molecular complexity index is 657. The maximum Gasteiger partial charge on any atom is 0.223 e. The van der Waals surface area contributed by atoms with Crippen LogP contribution in [0.3, 0.4) is 0 Å². The third-order valence-electron chi connectivity index (χ3n) is 5.62. The fraction of sp³-hybridized carbons (Fsp3) is 0.600. The van der Waals surface area contributed by atoms with Crippen LogP contribution in [0.5, 0.6) is 5.75 Å². The van der Waals surface area contributed by atoms with Gasteiger partial charge in [-0.25, -0.2) is 0 Å². The van der Waals surface area contributed by atoms with Gasteiger partial charge in [-0.2, -0.15) is 0 Å². The Morgan fingerprint density at radius 2 is 2.12 bits per heavy atom. The number of benzene rings is 1. The van der Waals surface area contributed by atoms with E-state index in [2.05, 4.69) is 13.0 Å². The first-order valence-corrected chi connectivity index (χ1v) is 9.62. The standard InChI is InChI=1S/C20H25ClO5/c1-13-9-18-17(11-19(22)26-18)16(13)5-6-20(24-7-8-25-20)12-23-15-4-2-3-14(21)10-15/h2-6,10,13,16-19,22H,7-9,11-12H2,1H3/b6-5+. The molecular weight excluding hydrogens is 356 g/mol. The third kappa shape index (κ3) is 3.78. The number of aliphatic hydroxyl groups is 1. The predicted octanol–water partition coefficient (Wildman–Crippen LogP) is 3.40. The van der Waals surface area contributed by atoms with Crippen LogP contribution in [-0.4, -0.2) is 43.1 Å². The van der Waals surface area contributed by atoms with Crippen molar-refractivity contribution in [2.75, 3.05) is 19.8 Å². The summed E-state index contributed by atoms with van der Waals surface area (Å²) >= 11 is 6.01. The van der Waals surface area contributed by atoms with Crippen LogP contribution in [0, 0.1) is 17.8 Å². The average molecular weight is 381 g/mol. The zero-order valence-corrected chi connectivity index (χ0v) is 15.6. The van der Waals surface area contributed by atoms with Crippen molar-refractivity contribution in [1.29, 1.82) is 0 Å². The minimum absolute atomic E-state index is 0.152. The molecule has 2 aliphatic heterocycles. The summed E-state index contributed by atoms with van der Waals surface area (Å²) in [4.78, 5) is 0. The van der Waals surface area contributed by atoms with Gasteiger partial charge in [0.1, 0.15) is 12.4 Å². The first-order valence-electron chi connectivity index (χ1n) is 9.24. The lowest BCUT2D eigenvalue weighted by atomic mass is 9.87. The molecule has 0 spiro atoms. The van der Waals surface area contributed by atoms with E-state index in [9.17, 15) is 5.11 Å². The Balaban J connectivity index is 1.45. The van der Waals surface area contributed by atoms with Crippen molar-refractivity contribution in [1.82, 2.24) is 0 Å². The minimum Gasteiger partial charge on any atom is -0.488 e. The molecule has 1 saturated carbocycles. The Labute approximate surface area is 158 Å². The fourth-order valence-electron chi connectivity index (χ4n) is 4.35. The Kier molecular flexibility index (Phi) is 5.26. The summed E-state index contributed by atoms with van der Waals surface area (Å²) in [6.07, 6.45) is 5.34. The van der Waals surface area contributed by atoms with Crippen LogP contribution in [0.4, 0.5) is 0 Å². The van der Waals surface area contributed by atoms with E-state index in [1.165, 1.54) is 0 Å². The van der Waals surface area contributed by atoms with Crippen molar-refractivity contribution in [2.24, 2.45) is 17.8 Å². The Hall–Kier alpha value is -1.11. The van der Waals surface area contributed by atoms with Gasteiger partial charge in [-0.3, -0.25) is 0 Å². The van der Waals surface area contributed by atoms with E-state index in [1.807, 2.05) is 24.3 Å². The molecule has 5 nitrogen and oxygen atoms in total. The molecule has 1 aromatic carbocycles. The summed E-state index contributed by atoms with van der Waals surface area (Å²) in [6.45, 7) is 3.57. The van der Waals surface area contributed by atoms with Gasteiger partial charge in [0.15, 0.2) is 6.29 Å². The van der Waals surface area contributed by atoms with Gasteiger partial charge in [0.2, 0.25) is 5.79 Å². The first kappa shape index (κ1) is 18.3. The largest absolute Gasteiger partial charge is 0.488 e. The van der Waals surface area contributed by atoms with E-state index < -0.39 is 12.1 Å². The van der Waals surface area contributed by atoms with Crippen LogP contribution in [-0.2, 0) is 14.2 Å². The summed E-state index contributed by atoms with van der Waals surface area (Å²) in [7, 11) is 0. The second kappa shape index (κ2) is 7.49. The van der Waals surface area contributed by atoms with Gasteiger partial charge < -0.3 is 24.1 Å². The molecule has 0 aromatic heterocycles. The van der Waals surface area contributed by atoms with Crippen LogP contribution in [0.25, 0.3) is 0 Å². The molecule has 3 aliphatic rings. The molecule has 0 bridgehead atoms. The van der Waals surface area contributed by atoms with Crippen molar-refractivity contribution in [3.05, 3.63) is 41.4 Å². The Morgan fingerprint density at radius 1 is 1.31 bits per heavy atom. The summed E-state index contributed by atoms with van der Waals surface area (Å²) in [5.74, 6) is 1.00. The van der Waals surface area contributed by atoms with Crippen molar-refractivity contribution in [3.63, 3.8) is 0 Å². The zero-order chi connectivity index (χ0) is 18.1. The van der Waals surface area contributed by atoms with E-state index in [4.69, 9.17) is 30.5 Å². The van der Waals surface area contributed by atoms with Crippen LogP contribution in [0.2, 0.25) is 5.02 Å². The molecule has 142 valence electrons. The first-order chi connectivity index (χ1) is 12.5. The molecular formula is C20H25ClO5. The van der Waals surface area contributed by atoms with Crippen molar-refractivity contribution in [3.8, 4) is 5.75 Å².